The molecule has 2 nitrogen and oxygen atoms in total. The lowest BCUT2D eigenvalue weighted by Gasteiger charge is -2.34. The van der Waals surface area contributed by atoms with E-state index in [-0.39, 0.29) is 6.04 Å². The zero-order valence-electron chi connectivity index (χ0n) is 8.26. The standard InChI is InChI=1S/C10H17NO/c1-5-9-10(4,12)8(3)7(2)6-11-9/h6,9,12H,5H2,1-4H3. The molecule has 0 spiro atoms. The Balaban J connectivity index is 3.02. The molecule has 0 aromatic rings. The van der Waals surface area contributed by atoms with Crippen LogP contribution in [0.15, 0.2) is 16.1 Å². The van der Waals surface area contributed by atoms with Gasteiger partial charge in [-0.25, -0.2) is 0 Å². The number of aliphatic imine (C=N–C) groups is 1. The van der Waals surface area contributed by atoms with Crippen molar-refractivity contribution in [2.75, 3.05) is 0 Å². The largest absolute Gasteiger partial charge is 0.384 e. The van der Waals surface area contributed by atoms with E-state index in [0.29, 0.717) is 0 Å². The van der Waals surface area contributed by atoms with Gasteiger partial charge in [0.2, 0.25) is 0 Å². The van der Waals surface area contributed by atoms with E-state index in [2.05, 4.69) is 4.99 Å². The highest BCUT2D eigenvalue weighted by Crippen LogP contribution is 2.29. The Morgan fingerprint density at radius 2 is 2.17 bits per heavy atom. The van der Waals surface area contributed by atoms with Gasteiger partial charge in [0, 0.05) is 6.21 Å². The van der Waals surface area contributed by atoms with Gasteiger partial charge in [-0.3, -0.25) is 4.99 Å². The quantitative estimate of drug-likeness (QED) is 0.636. The number of rotatable bonds is 1. The third-order valence-electron chi connectivity index (χ3n) is 2.83. The van der Waals surface area contributed by atoms with Crippen molar-refractivity contribution in [3.63, 3.8) is 0 Å². The van der Waals surface area contributed by atoms with Gasteiger partial charge in [0.1, 0.15) is 5.60 Å². The van der Waals surface area contributed by atoms with Crippen LogP contribution in [0.1, 0.15) is 34.1 Å². The minimum absolute atomic E-state index is 0.0289. The fourth-order valence-electron chi connectivity index (χ4n) is 1.60. The Morgan fingerprint density at radius 3 is 2.67 bits per heavy atom. The van der Waals surface area contributed by atoms with E-state index in [1.165, 1.54) is 0 Å². The molecule has 0 aromatic carbocycles. The van der Waals surface area contributed by atoms with Crippen molar-refractivity contribution in [3.05, 3.63) is 11.1 Å². The molecule has 0 bridgehead atoms. The van der Waals surface area contributed by atoms with E-state index in [1.54, 1.807) is 0 Å². The van der Waals surface area contributed by atoms with Crippen molar-refractivity contribution >= 4 is 6.21 Å². The molecule has 12 heavy (non-hydrogen) atoms. The molecule has 0 aliphatic carbocycles. The molecule has 1 heterocycles. The van der Waals surface area contributed by atoms with Crippen molar-refractivity contribution in [2.24, 2.45) is 4.99 Å². The highest BCUT2D eigenvalue weighted by Gasteiger charge is 2.34. The first-order valence-corrected chi connectivity index (χ1v) is 4.43. The van der Waals surface area contributed by atoms with Crippen molar-refractivity contribution in [1.29, 1.82) is 0 Å². The second kappa shape index (κ2) is 3.02. The van der Waals surface area contributed by atoms with Gasteiger partial charge < -0.3 is 5.11 Å². The van der Waals surface area contributed by atoms with Gasteiger partial charge in [0.05, 0.1) is 6.04 Å². The molecule has 2 atom stereocenters. The molecule has 0 saturated heterocycles. The topological polar surface area (TPSA) is 32.6 Å². The van der Waals surface area contributed by atoms with E-state index in [1.807, 2.05) is 33.9 Å². The van der Waals surface area contributed by atoms with Gasteiger partial charge >= 0.3 is 0 Å². The molecule has 0 amide bonds. The fraction of sp³-hybridized carbons (Fsp3) is 0.700. The molecule has 1 aliphatic rings. The van der Waals surface area contributed by atoms with Crippen molar-refractivity contribution in [3.8, 4) is 0 Å². The summed E-state index contributed by atoms with van der Waals surface area (Å²) in [6.45, 7) is 7.85. The lowest BCUT2D eigenvalue weighted by atomic mass is 9.83. The SMILES string of the molecule is CCC1N=CC(C)=C(C)C1(C)O. The molecule has 0 saturated carbocycles. The second-order valence-electron chi connectivity index (χ2n) is 3.66. The molecule has 68 valence electrons. The van der Waals surface area contributed by atoms with Crippen molar-refractivity contribution in [2.45, 2.75) is 45.8 Å². The number of nitrogens with zero attached hydrogens (tertiary/aromatic N) is 1. The van der Waals surface area contributed by atoms with E-state index < -0.39 is 5.60 Å². The first-order valence-electron chi connectivity index (χ1n) is 4.43. The molecule has 1 N–H and O–H groups in total. The average molecular weight is 167 g/mol. The molecule has 1 aliphatic heterocycles. The maximum absolute atomic E-state index is 10.1. The lowest BCUT2D eigenvalue weighted by molar-refractivity contribution is 0.0671. The third-order valence-corrected chi connectivity index (χ3v) is 2.83. The third kappa shape index (κ3) is 1.31. The van der Waals surface area contributed by atoms with Crippen molar-refractivity contribution < 1.29 is 5.11 Å². The van der Waals surface area contributed by atoms with Crippen LogP contribution < -0.4 is 0 Å². The van der Waals surface area contributed by atoms with Gasteiger partial charge in [0.25, 0.3) is 0 Å². The van der Waals surface area contributed by atoms with Crippen LogP contribution in [0.4, 0.5) is 0 Å². The summed E-state index contributed by atoms with van der Waals surface area (Å²) >= 11 is 0. The molecule has 0 aromatic heterocycles. The normalized spacial score (nSPS) is 35.9. The number of allylic oxidation sites excluding steroid dienone is 1. The van der Waals surface area contributed by atoms with Crippen LogP contribution in [0.5, 0.6) is 0 Å². The first-order chi connectivity index (χ1) is 5.50. The fourth-order valence-corrected chi connectivity index (χ4v) is 1.60. The van der Waals surface area contributed by atoms with Gasteiger partial charge in [-0.1, -0.05) is 6.92 Å². The zero-order chi connectivity index (χ0) is 9.35. The van der Waals surface area contributed by atoms with Crippen LogP contribution in [0.2, 0.25) is 0 Å². The van der Waals surface area contributed by atoms with Gasteiger partial charge in [-0.05, 0) is 38.3 Å². The van der Waals surface area contributed by atoms with Gasteiger partial charge in [0.15, 0.2) is 0 Å². The number of hydrogen-bond donors (Lipinski definition) is 1. The van der Waals surface area contributed by atoms with Gasteiger partial charge in [-0.2, -0.15) is 0 Å². The van der Waals surface area contributed by atoms with Crippen LogP contribution in [-0.4, -0.2) is 23.0 Å². The summed E-state index contributed by atoms with van der Waals surface area (Å²) in [5.74, 6) is 0. The highest BCUT2D eigenvalue weighted by molar-refractivity contribution is 5.81. The van der Waals surface area contributed by atoms with E-state index in [0.717, 1.165) is 17.6 Å². The lowest BCUT2D eigenvalue weighted by Crippen LogP contribution is -2.41. The molecule has 1 rings (SSSR count). The first kappa shape index (κ1) is 9.46. The predicted octanol–water partition coefficient (Wildman–Crippen LogP) is 1.94. The van der Waals surface area contributed by atoms with Crippen LogP contribution in [0.3, 0.4) is 0 Å². The monoisotopic (exact) mass is 167 g/mol. The molecule has 2 heteroatoms. The summed E-state index contributed by atoms with van der Waals surface area (Å²) in [5, 5.41) is 10.1. The Morgan fingerprint density at radius 1 is 1.58 bits per heavy atom. The molecule has 2 unspecified atom stereocenters. The summed E-state index contributed by atoms with van der Waals surface area (Å²) in [6, 6.07) is 0.0289. The molecular formula is C10H17NO. The minimum atomic E-state index is -0.742. The summed E-state index contributed by atoms with van der Waals surface area (Å²) in [5.41, 5.74) is 1.39. The van der Waals surface area contributed by atoms with Crippen LogP contribution in [0.25, 0.3) is 0 Å². The molecular weight excluding hydrogens is 150 g/mol. The average Bonchev–Trinajstić information content (AvgIpc) is 2.01. The Labute approximate surface area is 74.0 Å². The predicted molar refractivity (Wildman–Crippen MR) is 51.6 cm³/mol. The van der Waals surface area contributed by atoms with E-state index in [4.69, 9.17) is 0 Å². The Bertz CT molecular complexity index is 238. The molecule has 0 radical (unpaired) electrons. The summed E-state index contributed by atoms with van der Waals surface area (Å²) in [4.78, 5) is 4.30. The smallest absolute Gasteiger partial charge is 0.105 e. The Hall–Kier alpha value is -0.630. The van der Waals surface area contributed by atoms with Crippen LogP contribution >= 0.6 is 0 Å². The van der Waals surface area contributed by atoms with Crippen molar-refractivity contribution in [1.82, 2.24) is 0 Å². The Kier molecular flexibility index (Phi) is 2.38. The summed E-state index contributed by atoms with van der Waals surface area (Å²) in [7, 11) is 0. The number of aliphatic hydroxyl groups is 1. The highest BCUT2D eigenvalue weighted by atomic mass is 16.3. The summed E-state index contributed by atoms with van der Waals surface area (Å²) in [6.07, 6.45) is 2.75. The van der Waals surface area contributed by atoms with Gasteiger partial charge in [-0.15, -0.1) is 0 Å². The molecule has 0 fully saturated rings. The summed E-state index contributed by atoms with van der Waals surface area (Å²) < 4.78 is 0. The maximum Gasteiger partial charge on any atom is 0.105 e. The second-order valence-corrected chi connectivity index (χ2v) is 3.66. The van der Waals surface area contributed by atoms with E-state index >= 15 is 0 Å². The maximum atomic E-state index is 10.1. The van der Waals surface area contributed by atoms with Crippen LogP contribution in [-0.2, 0) is 0 Å². The minimum Gasteiger partial charge on any atom is -0.384 e. The van der Waals surface area contributed by atoms with Crippen LogP contribution in [0, 0.1) is 0 Å². The number of dihydropyridines is 1. The van der Waals surface area contributed by atoms with E-state index in [9.17, 15) is 5.11 Å². The number of hydrogen-bond acceptors (Lipinski definition) is 2. The zero-order valence-corrected chi connectivity index (χ0v) is 8.26.